The largest absolute Gasteiger partial charge is 0.382 e. The van der Waals surface area contributed by atoms with Gasteiger partial charge in [0, 0.05) is 18.7 Å². The van der Waals surface area contributed by atoms with Crippen LogP contribution >= 0.6 is 11.3 Å². The number of thiophene rings is 1. The number of anilines is 1. The topological polar surface area (TPSA) is 85.8 Å². The summed E-state index contributed by atoms with van der Waals surface area (Å²) in [6, 6.07) is 3.89. The van der Waals surface area contributed by atoms with Crippen molar-refractivity contribution in [3.63, 3.8) is 0 Å². The number of nitrogens with one attached hydrogen (secondary N) is 1. The molecule has 1 atom stereocenters. The molecule has 1 unspecified atom stereocenters. The molecule has 0 amide bonds. The van der Waals surface area contributed by atoms with E-state index in [1.807, 2.05) is 17.5 Å². The molecule has 0 aliphatic heterocycles. The van der Waals surface area contributed by atoms with Crippen LogP contribution in [0.4, 0.5) is 5.82 Å². The molecule has 3 aromatic rings. The van der Waals surface area contributed by atoms with Gasteiger partial charge < -0.3 is 15.6 Å². The van der Waals surface area contributed by atoms with Gasteiger partial charge in [-0.2, -0.15) is 0 Å². The van der Waals surface area contributed by atoms with Gasteiger partial charge in [-0.15, -0.1) is 11.3 Å². The number of hydrogen-bond donors (Lipinski definition) is 2. The number of nitrogen functional groups attached to an aromatic ring is 1. The fraction of sp³-hybridized carbons (Fsp3) is 0.565. The van der Waals surface area contributed by atoms with Crippen molar-refractivity contribution in [2.75, 3.05) is 18.2 Å². The molecule has 31 heavy (non-hydrogen) atoms. The van der Waals surface area contributed by atoms with Crippen LogP contribution in [0.2, 0.25) is 0 Å². The number of nitrogens with two attached hydrogens (primary N) is 1. The zero-order valence-electron chi connectivity index (χ0n) is 18.4. The highest BCUT2D eigenvalue weighted by molar-refractivity contribution is 7.87. The Balaban J connectivity index is 1.43. The molecular formula is C23H33N5OS2. The lowest BCUT2D eigenvalue weighted by Gasteiger charge is -2.18. The Hall–Kier alpha value is -1.77. The maximum Gasteiger partial charge on any atom is 0.151 e. The highest BCUT2D eigenvalue weighted by atomic mass is 32.2. The van der Waals surface area contributed by atoms with Gasteiger partial charge in [0.15, 0.2) is 5.82 Å². The maximum absolute atomic E-state index is 12.2. The molecule has 4 rings (SSSR count). The van der Waals surface area contributed by atoms with Crippen molar-refractivity contribution in [2.24, 2.45) is 0 Å². The van der Waals surface area contributed by atoms with Gasteiger partial charge in [-0.05, 0) is 68.5 Å². The van der Waals surface area contributed by atoms with Gasteiger partial charge in [-0.1, -0.05) is 19.4 Å². The Bertz CT molecular complexity index is 1030. The minimum Gasteiger partial charge on any atom is -0.382 e. The second-order valence-corrected chi connectivity index (χ2v) is 10.9. The molecular weight excluding hydrogens is 426 g/mol. The fourth-order valence-corrected chi connectivity index (χ4v) is 6.29. The molecule has 0 aromatic carbocycles. The van der Waals surface area contributed by atoms with Gasteiger partial charge >= 0.3 is 0 Å². The first-order valence-electron chi connectivity index (χ1n) is 11.5. The van der Waals surface area contributed by atoms with E-state index in [0.29, 0.717) is 11.7 Å². The number of aryl methyl sites for hydroxylation is 4. The summed E-state index contributed by atoms with van der Waals surface area (Å²) in [4.78, 5) is 9.64. The van der Waals surface area contributed by atoms with Crippen LogP contribution in [0.15, 0.2) is 21.7 Å². The third-order valence-corrected chi connectivity index (χ3v) is 8.52. The van der Waals surface area contributed by atoms with Crippen LogP contribution in [0.3, 0.4) is 0 Å². The molecule has 3 heterocycles. The SMILES string of the molecule is CCCCc1nc2c(N)nc3c(c2n1CCCCNCS(=O)c1cccs1)CCCC3. The number of fused-ring (bicyclic) bond motifs is 3. The lowest BCUT2D eigenvalue weighted by Crippen LogP contribution is -2.20. The smallest absolute Gasteiger partial charge is 0.151 e. The maximum atomic E-state index is 12.2. The van der Waals surface area contributed by atoms with Crippen molar-refractivity contribution in [3.8, 4) is 0 Å². The fourth-order valence-electron chi connectivity index (χ4n) is 4.37. The molecule has 0 fully saturated rings. The van der Waals surface area contributed by atoms with Crippen LogP contribution in [0.5, 0.6) is 0 Å². The number of aromatic nitrogens is 3. The summed E-state index contributed by atoms with van der Waals surface area (Å²) in [7, 11) is -0.946. The first kappa shape index (κ1) is 22.4. The number of nitrogens with zero attached hydrogens (tertiary/aromatic N) is 3. The van der Waals surface area contributed by atoms with E-state index >= 15 is 0 Å². The van der Waals surface area contributed by atoms with E-state index in [1.165, 1.54) is 29.6 Å². The molecule has 1 aliphatic rings. The van der Waals surface area contributed by atoms with Crippen LogP contribution < -0.4 is 11.1 Å². The highest BCUT2D eigenvalue weighted by Gasteiger charge is 2.22. The van der Waals surface area contributed by atoms with Crippen molar-refractivity contribution in [1.29, 1.82) is 0 Å². The Kier molecular flexibility index (Phi) is 7.74. The number of unbranched alkanes of at least 4 members (excludes halogenated alkanes) is 2. The molecule has 3 aromatic heterocycles. The Morgan fingerprint density at radius 2 is 2.10 bits per heavy atom. The quantitative estimate of drug-likeness (QED) is 0.414. The van der Waals surface area contributed by atoms with Gasteiger partial charge in [-0.25, -0.2) is 9.97 Å². The third kappa shape index (κ3) is 5.18. The molecule has 3 N–H and O–H groups in total. The molecule has 0 spiro atoms. The summed E-state index contributed by atoms with van der Waals surface area (Å²) in [5.74, 6) is 2.26. The minimum absolute atomic E-state index is 0.520. The van der Waals surface area contributed by atoms with Crippen molar-refractivity contribution in [1.82, 2.24) is 19.9 Å². The lowest BCUT2D eigenvalue weighted by atomic mass is 9.95. The van der Waals surface area contributed by atoms with Crippen LogP contribution in [0.25, 0.3) is 11.0 Å². The van der Waals surface area contributed by atoms with Crippen LogP contribution in [-0.4, -0.2) is 31.2 Å². The minimum atomic E-state index is -0.946. The molecule has 6 nitrogen and oxygen atoms in total. The zero-order chi connectivity index (χ0) is 21.6. The predicted molar refractivity (Wildman–Crippen MR) is 130 cm³/mol. The molecule has 8 heteroatoms. The summed E-state index contributed by atoms with van der Waals surface area (Å²) in [6.07, 6.45) is 9.88. The average Bonchev–Trinajstić information content (AvgIpc) is 3.43. The standard InChI is InChI=1S/C23H33N5OS2/c1-2-3-11-19-27-21-22(17-9-4-5-10-18(17)26-23(21)24)28(19)14-7-6-13-25-16-31(29)20-12-8-15-30-20/h8,12,15,25H,2-7,9-11,13-14,16H2,1H3,(H2,24,26). The second-order valence-electron chi connectivity index (χ2n) is 8.24. The summed E-state index contributed by atoms with van der Waals surface area (Å²) >= 11 is 1.55. The van der Waals surface area contributed by atoms with Gasteiger partial charge in [0.2, 0.25) is 0 Å². The molecule has 0 saturated carbocycles. The van der Waals surface area contributed by atoms with E-state index in [4.69, 9.17) is 15.7 Å². The van der Waals surface area contributed by atoms with Gasteiger partial charge in [0.05, 0.1) is 26.4 Å². The Morgan fingerprint density at radius 3 is 2.90 bits per heavy atom. The van der Waals surface area contributed by atoms with Gasteiger partial charge in [0.25, 0.3) is 0 Å². The van der Waals surface area contributed by atoms with Crippen molar-refractivity contribution >= 4 is 39.0 Å². The first-order chi connectivity index (χ1) is 15.2. The summed E-state index contributed by atoms with van der Waals surface area (Å²) in [5, 5.41) is 5.32. The lowest BCUT2D eigenvalue weighted by molar-refractivity contribution is 0.568. The van der Waals surface area contributed by atoms with Gasteiger partial charge in [-0.3, -0.25) is 4.21 Å². The van der Waals surface area contributed by atoms with E-state index in [9.17, 15) is 4.21 Å². The third-order valence-electron chi connectivity index (χ3n) is 5.96. The Labute approximate surface area is 191 Å². The van der Waals surface area contributed by atoms with Crippen LogP contribution in [0, 0.1) is 0 Å². The van der Waals surface area contributed by atoms with E-state index < -0.39 is 10.8 Å². The second kappa shape index (κ2) is 10.7. The van der Waals surface area contributed by atoms with Crippen LogP contribution in [0.1, 0.15) is 62.5 Å². The predicted octanol–water partition coefficient (Wildman–Crippen LogP) is 4.43. The van der Waals surface area contributed by atoms with Crippen molar-refractivity contribution < 1.29 is 4.21 Å². The molecule has 168 valence electrons. The number of hydrogen-bond acceptors (Lipinski definition) is 6. The zero-order valence-corrected chi connectivity index (χ0v) is 20.0. The van der Waals surface area contributed by atoms with Crippen molar-refractivity contribution in [3.05, 3.63) is 34.6 Å². The molecule has 0 bridgehead atoms. The molecule has 0 radical (unpaired) electrons. The van der Waals surface area contributed by atoms with Crippen molar-refractivity contribution in [2.45, 2.75) is 75.5 Å². The number of rotatable bonds is 11. The summed E-state index contributed by atoms with van der Waals surface area (Å²) in [5.41, 5.74) is 11.0. The van der Waals surface area contributed by atoms with E-state index in [1.54, 1.807) is 11.3 Å². The van der Waals surface area contributed by atoms with E-state index in [-0.39, 0.29) is 0 Å². The highest BCUT2D eigenvalue weighted by Crippen LogP contribution is 2.32. The normalized spacial score (nSPS) is 14.7. The number of pyridine rings is 1. The molecule has 1 aliphatic carbocycles. The Morgan fingerprint density at radius 1 is 1.23 bits per heavy atom. The summed E-state index contributed by atoms with van der Waals surface area (Å²) in [6.45, 7) is 4.04. The monoisotopic (exact) mass is 459 g/mol. The van der Waals surface area contributed by atoms with E-state index in [0.717, 1.165) is 73.6 Å². The van der Waals surface area contributed by atoms with E-state index in [2.05, 4.69) is 16.8 Å². The average molecular weight is 460 g/mol. The van der Waals surface area contributed by atoms with Gasteiger partial charge in [0.1, 0.15) is 11.3 Å². The molecule has 0 saturated heterocycles. The van der Waals surface area contributed by atoms with Crippen LogP contribution in [-0.2, 0) is 36.6 Å². The number of imidazole rings is 1. The summed E-state index contributed by atoms with van der Waals surface area (Å²) < 4.78 is 15.6. The first-order valence-corrected chi connectivity index (χ1v) is 13.7.